The van der Waals surface area contributed by atoms with Gasteiger partial charge in [-0.25, -0.2) is 0 Å². The summed E-state index contributed by atoms with van der Waals surface area (Å²) in [6, 6.07) is 46.2. The highest BCUT2D eigenvalue weighted by Gasteiger charge is 2.53. The van der Waals surface area contributed by atoms with E-state index in [-0.39, 0.29) is 28.4 Å². The molecule has 1 amide bonds. The molecule has 0 unspecified atom stereocenters. The molecule has 0 spiro atoms. The second kappa shape index (κ2) is 24.2. The number of piperidine rings is 1. The topological polar surface area (TPSA) is 146 Å². The molecule has 3 N–H and O–H groups in total. The zero-order valence-electron chi connectivity index (χ0n) is 41.8. The van der Waals surface area contributed by atoms with Crippen molar-refractivity contribution in [1.82, 2.24) is 9.80 Å². The summed E-state index contributed by atoms with van der Waals surface area (Å²) in [6.07, 6.45) is 9.26. The first-order valence-corrected chi connectivity index (χ1v) is 25.8. The Morgan fingerprint density at radius 2 is 1.51 bits per heavy atom. The predicted molar refractivity (Wildman–Crippen MR) is 280 cm³/mol. The van der Waals surface area contributed by atoms with E-state index in [0.29, 0.717) is 23.9 Å². The van der Waals surface area contributed by atoms with Crippen molar-refractivity contribution in [2.24, 2.45) is 11.8 Å². The molecule has 3 aliphatic rings. The number of carbonyl (C=O) groups is 2. The number of rotatable bonds is 11. The first kappa shape index (κ1) is 53.3. The monoisotopic (exact) mass is 969 g/mol. The van der Waals surface area contributed by atoms with Crippen molar-refractivity contribution in [2.75, 3.05) is 46.7 Å². The van der Waals surface area contributed by atoms with Crippen LogP contribution in [0.25, 0.3) is 10.8 Å². The van der Waals surface area contributed by atoms with Crippen LogP contribution in [0.1, 0.15) is 81.5 Å². The minimum absolute atomic E-state index is 0.0730. The number of hydrogen-bond acceptors (Lipinski definition) is 9. The Bertz CT molecular complexity index is 2750. The summed E-state index contributed by atoms with van der Waals surface area (Å²) < 4.78 is 42.2. The number of methoxy groups -OCH3 is 1. The Kier molecular flexibility index (Phi) is 18.4. The van der Waals surface area contributed by atoms with Gasteiger partial charge in [0.05, 0.1) is 12.0 Å². The maximum absolute atomic E-state index is 12.3. The summed E-state index contributed by atoms with van der Waals surface area (Å²) in [4.78, 5) is 27.6. The van der Waals surface area contributed by atoms with E-state index in [1.54, 1.807) is 42.5 Å². The fourth-order valence-corrected chi connectivity index (χ4v) is 11.2. The molecule has 0 radical (unpaired) electrons. The molecule has 2 bridgehead atoms. The number of esters is 1. The number of benzene rings is 6. The van der Waals surface area contributed by atoms with Gasteiger partial charge in [-0.3, -0.25) is 14.1 Å². The van der Waals surface area contributed by atoms with Crippen LogP contribution in [0.5, 0.6) is 11.5 Å². The van der Waals surface area contributed by atoms with E-state index in [4.69, 9.17) is 19.1 Å². The predicted octanol–water partition coefficient (Wildman–Crippen LogP) is 11.1. The molecule has 1 heterocycles. The maximum atomic E-state index is 12.3. The Labute approximate surface area is 415 Å². The standard InChI is InChI=1S/C22H29NO2.C18H25NO.C10H8O3S.C8H9NO2/c1-5-21(24)25-22(18(2)17-23(3)4,20-14-10-7-11-15-20)16-19-12-8-6-9-13-19;1-19-10-9-18-8-4-3-5-15(18)17(19)11-13-6-7-14(20-2)12-16(13)18;11-14(12,13)10-6-5-8-3-1-2-4-9(8)7-10;1-6(10)9-7-2-4-8(11)5-3-7/h6-15,18H,5,16-17H2,1-4H3;6-7,12,15,17H,3-5,8-11H2,1-2H3;1-7H,(H,11,12,13);2-5,11H,1H3,(H,9,10)/t18-,22+;15-,17+,18+;;/m11../s1. The van der Waals surface area contributed by atoms with Gasteiger partial charge in [-0.05, 0) is 141 Å². The number of hydrogen-bond donors (Lipinski definition) is 3. The van der Waals surface area contributed by atoms with Crippen molar-refractivity contribution in [3.8, 4) is 11.5 Å². The van der Waals surface area contributed by atoms with Crippen LogP contribution in [0.3, 0.4) is 0 Å². The van der Waals surface area contributed by atoms with Crippen molar-refractivity contribution in [3.05, 3.63) is 168 Å². The van der Waals surface area contributed by atoms with Crippen LogP contribution >= 0.6 is 0 Å². The van der Waals surface area contributed by atoms with Crippen LogP contribution in [0.4, 0.5) is 5.69 Å². The average molecular weight is 970 g/mol. The molecule has 1 saturated heterocycles. The molecule has 5 atom stereocenters. The molecule has 6 aromatic carbocycles. The van der Waals surface area contributed by atoms with Gasteiger partial charge in [-0.1, -0.05) is 124 Å². The largest absolute Gasteiger partial charge is 0.508 e. The molecule has 0 aromatic heterocycles. The first-order valence-electron chi connectivity index (χ1n) is 24.3. The number of anilines is 1. The smallest absolute Gasteiger partial charge is 0.306 e. The van der Waals surface area contributed by atoms with Gasteiger partial charge < -0.3 is 29.7 Å². The van der Waals surface area contributed by atoms with E-state index >= 15 is 0 Å². The number of nitrogens with one attached hydrogen (secondary N) is 1. The zero-order chi connectivity index (χ0) is 50.5. The first-order chi connectivity index (χ1) is 33.5. The lowest BCUT2D eigenvalue weighted by atomic mass is 9.52. The normalized spacial score (nSPS) is 19.4. The average Bonchev–Trinajstić information content (AvgIpc) is 3.35. The molecule has 2 fully saturated rings. The molecule has 6 aromatic rings. The lowest BCUT2D eigenvalue weighted by Crippen LogP contribution is -2.59. The summed E-state index contributed by atoms with van der Waals surface area (Å²) >= 11 is 0. The lowest BCUT2D eigenvalue weighted by molar-refractivity contribution is -0.168. The summed E-state index contributed by atoms with van der Waals surface area (Å²) in [7, 11) is 4.13. The number of likely N-dealkylation sites (tertiary alicyclic amines) is 1. The van der Waals surface area contributed by atoms with Crippen LogP contribution in [0.2, 0.25) is 0 Å². The summed E-state index contributed by atoms with van der Waals surface area (Å²) in [5.74, 6) is 1.97. The van der Waals surface area contributed by atoms with Gasteiger partial charge in [0.15, 0.2) is 0 Å². The van der Waals surface area contributed by atoms with Crippen LogP contribution in [-0.4, -0.2) is 87.1 Å². The summed E-state index contributed by atoms with van der Waals surface area (Å²) in [5, 5.41) is 13.2. The van der Waals surface area contributed by atoms with E-state index < -0.39 is 15.7 Å². The third kappa shape index (κ3) is 13.4. The van der Waals surface area contributed by atoms with Crippen molar-refractivity contribution in [3.63, 3.8) is 0 Å². The van der Waals surface area contributed by atoms with Crippen molar-refractivity contribution >= 4 is 38.5 Å². The van der Waals surface area contributed by atoms with E-state index in [9.17, 15) is 18.0 Å². The minimum atomic E-state index is -4.09. The SMILES string of the molecule is CC(=O)Nc1ccc(O)cc1.CCC(=O)O[C@](Cc1ccccc1)(c1ccccc1)[C@H](C)CN(C)C.COc1ccc2c(c1)[C@]13CCCC[C@@H]1[C@H](C2)N(C)CC3.O=S(=O)(O)c1ccc2ccccc2c1. The second-order valence-electron chi connectivity index (χ2n) is 19.2. The van der Waals surface area contributed by atoms with Crippen molar-refractivity contribution in [2.45, 2.75) is 94.1 Å². The lowest BCUT2D eigenvalue weighted by Gasteiger charge is -2.58. The molecule has 2 aliphatic carbocycles. The Morgan fingerprint density at radius 3 is 2.14 bits per heavy atom. The third-order valence-electron chi connectivity index (χ3n) is 14.1. The Hall–Kier alpha value is -6.05. The number of fused-ring (bicyclic) bond motifs is 2. The molecule has 9 rings (SSSR count). The molecule has 1 aliphatic heterocycles. The van der Waals surface area contributed by atoms with Gasteiger partial charge in [0.25, 0.3) is 10.1 Å². The highest BCUT2D eigenvalue weighted by molar-refractivity contribution is 7.85. The fourth-order valence-electron chi connectivity index (χ4n) is 10.7. The second-order valence-corrected chi connectivity index (χ2v) is 20.6. The highest BCUT2D eigenvalue weighted by Crippen LogP contribution is 2.56. The van der Waals surface area contributed by atoms with Crippen LogP contribution < -0.4 is 10.1 Å². The van der Waals surface area contributed by atoms with E-state index in [1.807, 2.05) is 61.5 Å². The number of phenolic OH excluding ortho intramolecular Hbond substituents is 1. The number of aromatic hydroxyl groups is 1. The molecular formula is C58H71N3O8S. The van der Waals surface area contributed by atoms with Crippen LogP contribution in [-0.2, 0) is 48.3 Å². The quantitative estimate of drug-likeness (QED) is 0.0652. The van der Waals surface area contributed by atoms with Gasteiger partial charge in [0.2, 0.25) is 5.91 Å². The van der Waals surface area contributed by atoms with E-state index in [1.165, 1.54) is 81.8 Å². The van der Waals surface area contributed by atoms with Crippen LogP contribution in [0.15, 0.2) is 150 Å². The Balaban J connectivity index is 0.000000160. The number of amides is 1. The van der Waals surface area contributed by atoms with Gasteiger partial charge in [0.1, 0.15) is 17.1 Å². The molecule has 12 heteroatoms. The molecule has 1 saturated carbocycles. The fraction of sp³-hybridized carbons (Fsp3) is 0.379. The van der Waals surface area contributed by atoms with Gasteiger partial charge in [-0.2, -0.15) is 8.42 Å². The Morgan fingerprint density at radius 1 is 0.857 bits per heavy atom. The number of ether oxygens (including phenoxy) is 2. The molecule has 70 heavy (non-hydrogen) atoms. The van der Waals surface area contributed by atoms with Crippen molar-refractivity contribution < 1.29 is 37.1 Å². The molecule has 11 nitrogen and oxygen atoms in total. The highest BCUT2D eigenvalue weighted by atomic mass is 32.2. The molecule has 372 valence electrons. The zero-order valence-corrected chi connectivity index (χ0v) is 42.6. The molecular weight excluding hydrogens is 899 g/mol. The van der Waals surface area contributed by atoms with E-state index in [0.717, 1.165) is 40.6 Å². The van der Waals surface area contributed by atoms with Crippen molar-refractivity contribution in [1.29, 1.82) is 0 Å². The van der Waals surface area contributed by atoms with Gasteiger partial charge in [-0.15, -0.1) is 0 Å². The number of nitrogens with zero attached hydrogens (tertiary/aromatic N) is 2. The van der Waals surface area contributed by atoms with E-state index in [2.05, 4.69) is 85.6 Å². The van der Waals surface area contributed by atoms with Gasteiger partial charge in [0, 0.05) is 49.4 Å². The maximum Gasteiger partial charge on any atom is 0.306 e. The number of likely N-dealkylation sites (N-methyl/N-ethyl adjacent to an activating group) is 1. The summed E-state index contributed by atoms with van der Waals surface area (Å²) in [6.45, 7) is 7.54. The van der Waals surface area contributed by atoms with Crippen LogP contribution in [0, 0.1) is 11.8 Å². The van der Waals surface area contributed by atoms with Gasteiger partial charge >= 0.3 is 5.97 Å². The number of carbonyl (C=O) groups excluding carboxylic acids is 2. The number of phenols is 1. The third-order valence-corrected chi connectivity index (χ3v) is 15.0. The minimum Gasteiger partial charge on any atom is -0.508 e. The summed E-state index contributed by atoms with van der Waals surface area (Å²) in [5.41, 5.74) is 5.90.